The van der Waals surface area contributed by atoms with Gasteiger partial charge in [-0.1, -0.05) is 37.3 Å². The van der Waals surface area contributed by atoms with Crippen LogP contribution in [-0.4, -0.2) is 30.0 Å². The smallest absolute Gasteiger partial charge is 0.394 e. The number of aliphatic hydroxyl groups excluding tert-OH is 1. The molecule has 1 aromatic rings. The van der Waals surface area contributed by atoms with E-state index in [4.69, 9.17) is 0 Å². The molecule has 0 saturated carbocycles. The van der Waals surface area contributed by atoms with Gasteiger partial charge in [-0.25, -0.2) is 0 Å². The second kappa shape index (κ2) is 6.20. The first kappa shape index (κ1) is 15.0. The predicted molar refractivity (Wildman–Crippen MR) is 64.3 cm³/mol. The van der Waals surface area contributed by atoms with Crippen molar-refractivity contribution in [3.8, 4) is 0 Å². The van der Waals surface area contributed by atoms with Crippen LogP contribution in [0.5, 0.6) is 0 Å². The molecule has 1 rings (SSSR count). The molecule has 2 nitrogen and oxygen atoms in total. The number of alkyl halides is 3. The Kier molecular flexibility index (Phi) is 5.16. The van der Waals surface area contributed by atoms with Gasteiger partial charge >= 0.3 is 6.18 Å². The van der Waals surface area contributed by atoms with Gasteiger partial charge in [-0.3, -0.25) is 0 Å². The maximum absolute atomic E-state index is 12.3. The number of aliphatic hydroxyl groups is 1. The summed E-state index contributed by atoms with van der Waals surface area (Å²) in [5.74, 6) is 0. The van der Waals surface area contributed by atoms with Crippen LogP contribution >= 0.6 is 0 Å². The van der Waals surface area contributed by atoms with Gasteiger partial charge < -0.3 is 10.4 Å². The minimum atomic E-state index is -4.27. The molecule has 0 aromatic heterocycles. The maximum Gasteiger partial charge on any atom is 0.401 e. The van der Waals surface area contributed by atoms with Gasteiger partial charge in [0.25, 0.3) is 0 Å². The van der Waals surface area contributed by atoms with E-state index in [0.29, 0.717) is 12.8 Å². The summed E-state index contributed by atoms with van der Waals surface area (Å²) in [6, 6.07) is 9.19. The van der Waals surface area contributed by atoms with Crippen molar-refractivity contribution in [3.05, 3.63) is 35.9 Å². The highest BCUT2D eigenvalue weighted by Crippen LogP contribution is 2.20. The Morgan fingerprint density at radius 3 is 2.22 bits per heavy atom. The molecule has 1 atom stereocenters. The summed E-state index contributed by atoms with van der Waals surface area (Å²) >= 11 is 0. The Morgan fingerprint density at radius 1 is 1.17 bits per heavy atom. The van der Waals surface area contributed by atoms with Crippen LogP contribution in [0.1, 0.15) is 18.9 Å². The molecule has 0 aliphatic rings. The largest absolute Gasteiger partial charge is 0.401 e. The summed E-state index contributed by atoms with van der Waals surface area (Å²) in [5.41, 5.74) is -0.0141. The minimum absolute atomic E-state index is 0.325. The van der Waals surface area contributed by atoms with Gasteiger partial charge in [0.2, 0.25) is 0 Å². The van der Waals surface area contributed by atoms with Gasteiger partial charge in [0.05, 0.1) is 13.2 Å². The lowest BCUT2D eigenvalue weighted by Crippen LogP contribution is -2.52. The van der Waals surface area contributed by atoms with E-state index in [9.17, 15) is 18.3 Å². The van der Waals surface area contributed by atoms with E-state index in [0.717, 1.165) is 5.56 Å². The minimum Gasteiger partial charge on any atom is -0.394 e. The summed E-state index contributed by atoms with van der Waals surface area (Å²) in [6.07, 6.45) is -3.47. The van der Waals surface area contributed by atoms with Gasteiger partial charge in [-0.05, 0) is 18.4 Å². The van der Waals surface area contributed by atoms with E-state index >= 15 is 0 Å². The highest BCUT2D eigenvalue weighted by atomic mass is 19.4. The number of benzene rings is 1. The monoisotopic (exact) mass is 261 g/mol. The molecule has 18 heavy (non-hydrogen) atoms. The lowest BCUT2D eigenvalue weighted by atomic mass is 9.89. The lowest BCUT2D eigenvalue weighted by molar-refractivity contribution is -0.130. The SMILES string of the molecule is CCC(CO)(Cc1ccccc1)NCC(F)(F)F. The Bertz CT molecular complexity index is 347. The second-order valence-corrected chi connectivity index (χ2v) is 4.42. The first-order chi connectivity index (χ1) is 8.41. The van der Waals surface area contributed by atoms with Crippen molar-refractivity contribution in [2.45, 2.75) is 31.5 Å². The van der Waals surface area contributed by atoms with Gasteiger partial charge in [0.15, 0.2) is 0 Å². The van der Waals surface area contributed by atoms with Crippen LogP contribution in [0.3, 0.4) is 0 Å². The zero-order chi connectivity index (χ0) is 13.6. The first-order valence-electron chi connectivity index (χ1n) is 5.87. The van der Waals surface area contributed by atoms with Gasteiger partial charge in [-0.15, -0.1) is 0 Å². The third kappa shape index (κ3) is 4.66. The topological polar surface area (TPSA) is 32.3 Å². The summed E-state index contributed by atoms with van der Waals surface area (Å²) in [5, 5.41) is 11.9. The zero-order valence-electron chi connectivity index (χ0n) is 10.3. The third-order valence-corrected chi connectivity index (χ3v) is 3.03. The van der Waals surface area contributed by atoms with E-state index in [2.05, 4.69) is 5.32 Å². The molecule has 2 N–H and O–H groups in total. The van der Waals surface area contributed by atoms with Crippen LogP contribution < -0.4 is 5.32 Å². The van der Waals surface area contributed by atoms with E-state index in [1.54, 1.807) is 6.92 Å². The summed E-state index contributed by atoms with van der Waals surface area (Å²) < 4.78 is 36.8. The van der Waals surface area contributed by atoms with E-state index in [-0.39, 0.29) is 6.61 Å². The van der Waals surface area contributed by atoms with Crippen LogP contribution in [0.25, 0.3) is 0 Å². The summed E-state index contributed by atoms with van der Waals surface area (Å²) in [6.45, 7) is 0.352. The molecule has 0 aliphatic heterocycles. The van der Waals surface area contributed by atoms with Gasteiger partial charge in [0, 0.05) is 5.54 Å². The molecular weight excluding hydrogens is 243 g/mol. The van der Waals surface area contributed by atoms with Crippen molar-refractivity contribution in [2.75, 3.05) is 13.2 Å². The summed E-state index contributed by atoms with van der Waals surface area (Å²) in [4.78, 5) is 0. The van der Waals surface area contributed by atoms with Crippen molar-refractivity contribution < 1.29 is 18.3 Å². The molecule has 1 unspecified atom stereocenters. The van der Waals surface area contributed by atoms with Crippen molar-refractivity contribution in [1.29, 1.82) is 0 Å². The molecule has 0 heterocycles. The fourth-order valence-corrected chi connectivity index (χ4v) is 1.81. The Hall–Kier alpha value is -1.07. The molecule has 0 saturated heterocycles. The number of hydrogen-bond acceptors (Lipinski definition) is 2. The predicted octanol–water partition coefficient (Wildman–Crippen LogP) is 2.52. The number of hydrogen-bond donors (Lipinski definition) is 2. The average Bonchev–Trinajstić information content (AvgIpc) is 2.35. The quantitative estimate of drug-likeness (QED) is 0.824. The molecular formula is C13H18F3NO. The van der Waals surface area contributed by atoms with E-state index in [1.165, 1.54) is 0 Å². The highest BCUT2D eigenvalue weighted by Gasteiger charge is 2.34. The Morgan fingerprint density at radius 2 is 1.78 bits per heavy atom. The van der Waals surface area contributed by atoms with Gasteiger partial charge in [0.1, 0.15) is 0 Å². The van der Waals surface area contributed by atoms with Crippen molar-refractivity contribution >= 4 is 0 Å². The molecule has 0 amide bonds. The van der Waals surface area contributed by atoms with E-state index in [1.807, 2.05) is 30.3 Å². The Labute approximate surface area is 105 Å². The van der Waals surface area contributed by atoms with Crippen LogP contribution in [0, 0.1) is 0 Å². The molecule has 5 heteroatoms. The number of nitrogens with one attached hydrogen (secondary N) is 1. The van der Waals surface area contributed by atoms with E-state index < -0.39 is 18.3 Å². The summed E-state index contributed by atoms with van der Waals surface area (Å²) in [7, 11) is 0. The van der Waals surface area contributed by atoms with Crippen LogP contribution in [0.2, 0.25) is 0 Å². The molecule has 0 aliphatic carbocycles. The van der Waals surface area contributed by atoms with Crippen LogP contribution in [-0.2, 0) is 6.42 Å². The zero-order valence-corrected chi connectivity index (χ0v) is 10.3. The highest BCUT2D eigenvalue weighted by molar-refractivity contribution is 5.18. The van der Waals surface area contributed by atoms with Crippen LogP contribution in [0.15, 0.2) is 30.3 Å². The lowest BCUT2D eigenvalue weighted by Gasteiger charge is -2.32. The van der Waals surface area contributed by atoms with Crippen molar-refractivity contribution in [3.63, 3.8) is 0 Å². The molecule has 0 radical (unpaired) electrons. The molecule has 1 aromatic carbocycles. The normalized spacial score (nSPS) is 15.4. The molecule has 0 fully saturated rings. The fourth-order valence-electron chi connectivity index (χ4n) is 1.81. The maximum atomic E-state index is 12.3. The fraction of sp³-hybridized carbons (Fsp3) is 0.538. The standard InChI is InChI=1S/C13H18F3NO/c1-2-12(10-18,17-9-13(14,15)16)8-11-6-4-3-5-7-11/h3-7,17-18H,2,8-10H2,1H3. The molecule has 0 spiro atoms. The number of halogens is 3. The third-order valence-electron chi connectivity index (χ3n) is 3.03. The average molecular weight is 261 g/mol. The van der Waals surface area contributed by atoms with Crippen LogP contribution in [0.4, 0.5) is 13.2 Å². The van der Waals surface area contributed by atoms with Crippen molar-refractivity contribution in [1.82, 2.24) is 5.32 Å². The number of rotatable bonds is 6. The Balaban J connectivity index is 2.74. The first-order valence-corrected chi connectivity index (χ1v) is 5.87. The molecule has 102 valence electrons. The second-order valence-electron chi connectivity index (χ2n) is 4.42. The molecule has 0 bridgehead atoms. The van der Waals surface area contributed by atoms with Crippen molar-refractivity contribution in [2.24, 2.45) is 0 Å². The van der Waals surface area contributed by atoms with Gasteiger partial charge in [-0.2, -0.15) is 13.2 Å².